The van der Waals surface area contributed by atoms with Gasteiger partial charge in [-0.15, -0.1) is 0 Å². The van der Waals surface area contributed by atoms with Crippen LogP contribution in [0.15, 0.2) is 35.5 Å². The highest BCUT2D eigenvalue weighted by molar-refractivity contribution is 7.92. The van der Waals surface area contributed by atoms with Gasteiger partial charge in [-0.05, 0) is 30.9 Å². The molecule has 1 aliphatic rings. The molecular weight excluding hydrogens is 364 g/mol. The van der Waals surface area contributed by atoms with Gasteiger partial charge in [-0.25, -0.2) is 8.42 Å². The van der Waals surface area contributed by atoms with Gasteiger partial charge in [-0.1, -0.05) is 18.2 Å². The van der Waals surface area contributed by atoms with Crippen molar-refractivity contribution in [2.75, 3.05) is 39.6 Å². The van der Waals surface area contributed by atoms with Gasteiger partial charge < -0.3 is 20.4 Å². The van der Waals surface area contributed by atoms with Gasteiger partial charge in [0.1, 0.15) is 0 Å². The Morgan fingerprint density at radius 2 is 2.00 bits per heavy atom. The maximum atomic E-state index is 12.3. The Morgan fingerprint density at radius 3 is 2.70 bits per heavy atom. The number of rotatable bonds is 6. The van der Waals surface area contributed by atoms with E-state index in [9.17, 15) is 8.42 Å². The first-order chi connectivity index (χ1) is 13.0. The second kappa shape index (κ2) is 8.31. The molecule has 3 rings (SSSR count). The molecule has 3 N–H and O–H groups in total. The van der Waals surface area contributed by atoms with Crippen LogP contribution in [-0.2, 0) is 21.0 Å². The molecule has 27 heavy (non-hydrogen) atoms. The summed E-state index contributed by atoms with van der Waals surface area (Å²) < 4.78 is 29.2. The number of aliphatic imine (C=N–C) groups is 1. The molecule has 148 valence electrons. The van der Waals surface area contributed by atoms with Crippen LogP contribution < -0.4 is 10.6 Å². The summed E-state index contributed by atoms with van der Waals surface area (Å²) in [5.41, 5.74) is 2.37. The monoisotopic (exact) mass is 392 g/mol. The molecule has 0 radical (unpaired) electrons. The maximum Gasteiger partial charge on any atom is 0.191 e. The summed E-state index contributed by atoms with van der Waals surface area (Å²) in [6.45, 7) is 1.99. The van der Waals surface area contributed by atoms with Crippen molar-refractivity contribution in [2.45, 2.75) is 24.0 Å². The minimum atomic E-state index is -3.20. The minimum absolute atomic E-state index is 0.335. The Morgan fingerprint density at radius 1 is 1.26 bits per heavy atom. The van der Waals surface area contributed by atoms with Crippen LogP contribution in [-0.4, -0.2) is 63.7 Å². The number of aromatic amines is 1. The second-order valence-electron chi connectivity index (χ2n) is 7.03. The van der Waals surface area contributed by atoms with Crippen LogP contribution in [0.5, 0.6) is 0 Å². The van der Waals surface area contributed by atoms with Crippen molar-refractivity contribution in [2.24, 2.45) is 4.99 Å². The predicted octanol–water partition coefficient (Wildman–Crippen LogP) is 1.47. The Hall–Kier alpha value is -2.06. The highest BCUT2D eigenvalue weighted by Crippen LogP contribution is 2.28. The van der Waals surface area contributed by atoms with Crippen molar-refractivity contribution in [3.05, 3.63) is 36.0 Å². The van der Waals surface area contributed by atoms with Crippen molar-refractivity contribution < 1.29 is 13.2 Å². The van der Waals surface area contributed by atoms with Gasteiger partial charge in [-0.3, -0.25) is 4.99 Å². The Kier molecular flexibility index (Phi) is 6.06. The molecule has 1 saturated heterocycles. The first-order valence-corrected chi connectivity index (χ1v) is 11.1. The van der Waals surface area contributed by atoms with Gasteiger partial charge in [0.2, 0.25) is 0 Å². The third-order valence-corrected chi connectivity index (χ3v) is 7.48. The minimum Gasteiger partial charge on any atom is -0.381 e. The van der Waals surface area contributed by atoms with Crippen molar-refractivity contribution in [3.63, 3.8) is 0 Å². The van der Waals surface area contributed by atoms with Crippen LogP contribution >= 0.6 is 0 Å². The van der Waals surface area contributed by atoms with Crippen LogP contribution in [0.2, 0.25) is 0 Å². The topological polar surface area (TPSA) is 95.6 Å². The Bertz CT molecular complexity index is 899. The number of nitrogens with one attached hydrogen (secondary N) is 3. The summed E-state index contributed by atoms with van der Waals surface area (Å²) in [4.78, 5) is 7.51. The summed E-state index contributed by atoms with van der Waals surface area (Å²) >= 11 is 0. The van der Waals surface area contributed by atoms with Gasteiger partial charge in [0, 0.05) is 56.7 Å². The van der Waals surface area contributed by atoms with Crippen molar-refractivity contribution in [1.82, 2.24) is 15.6 Å². The molecule has 2 aromatic rings. The van der Waals surface area contributed by atoms with Gasteiger partial charge >= 0.3 is 0 Å². The third-order valence-electron chi connectivity index (χ3n) is 5.35. The van der Waals surface area contributed by atoms with E-state index in [1.807, 2.05) is 18.3 Å². The zero-order valence-electron chi connectivity index (χ0n) is 15.9. The zero-order valence-corrected chi connectivity index (χ0v) is 16.7. The van der Waals surface area contributed by atoms with Crippen molar-refractivity contribution in [1.29, 1.82) is 0 Å². The van der Waals surface area contributed by atoms with Gasteiger partial charge in [0.25, 0.3) is 0 Å². The molecule has 1 aromatic heterocycles. The van der Waals surface area contributed by atoms with Crippen molar-refractivity contribution >= 4 is 26.7 Å². The fraction of sp³-hybridized carbons (Fsp3) is 0.526. The fourth-order valence-electron chi connectivity index (χ4n) is 3.54. The summed E-state index contributed by atoms with van der Waals surface area (Å²) in [7, 11) is -1.51. The van der Waals surface area contributed by atoms with E-state index in [-0.39, 0.29) is 0 Å². The average molecular weight is 393 g/mol. The summed E-state index contributed by atoms with van der Waals surface area (Å²) in [6, 6.07) is 8.22. The highest BCUT2D eigenvalue weighted by atomic mass is 32.2. The number of benzene rings is 1. The highest BCUT2D eigenvalue weighted by Gasteiger charge is 2.42. The first-order valence-electron chi connectivity index (χ1n) is 9.22. The first kappa shape index (κ1) is 19.7. The zero-order chi connectivity index (χ0) is 19.3. The van der Waals surface area contributed by atoms with Crippen LogP contribution in [0.25, 0.3) is 10.9 Å². The molecule has 0 unspecified atom stereocenters. The summed E-state index contributed by atoms with van der Waals surface area (Å²) in [5.74, 6) is 0.615. The molecule has 0 spiro atoms. The van der Waals surface area contributed by atoms with E-state index in [4.69, 9.17) is 4.74 Å². The summed E-state index contributed by atoms with van der Waals surface area (Å²) in [5, 5.41) is 7.70. The molecule has 0 aliphatic carbocycles. The summed E-state index contributed by atoms with van der Waals surface area (Å²) in [6.07, 6.45) is 5.20. The van der Waals surface area contributed by atoms with Gasteiger partial charge in [-0.2, -0.15) is 0 Å². The lowest BCUT2D eigenvalue weighted by atomic mass is 9.99. The number of H-pyrrole nitrogens is 1. The number of hydrogen-bond acceptors (Lipinski definition) is 4. The van der Waals surface area contributed by atoms with Gasteiger partial charge in [0.15, 0.2) is 15.8 Å². The van der Waals surface area contributed by atoms with Crippen LogP contribution in [0.1, 0.15) is 18.4 Å². The smallest absolute Gasteiger partial charge is 0.191 e. The number of para-hydroxylation sites is 1. The lowest BCUT2D eigenvalue weighted by Crippen LogP contribution is -2.53. The molecule has 0 bridgehead atoms. The average Bonchev–Trinajstić information content (AvgIpc) is 3.07. The molecule has 1 aromatic carbocycles. The lowest BCUT2D eigenvalue weighted by molar-refractivity contribution is 0.0756. The lowest BCUT2D eigenvalue weighted by Gasteiger charge is -2.35. The van der Waals surface area contributed by atoms with Crippen LogP contribution in [0.4, 0.5) is 0 Å². The molecule has 0 saturated carbocycles. The van der Waals surface area contributed by atoms with E-state index in [0.29, 0.717) is 45.1 Å². The number of nitrogens with zero attached hydrogens (tertiary/aromatic N) is 1. The fourth-order valence-corrected chi connectivity index (χ4v) is 4.78. The molecule has 0 amide bonds. The van der Waals surface area contributed by atoms with E-state index in [2.05, 4.69) is 32.7 Å². The number of fused-ring (bicyclic) bond motifs is 1. The molecular formula is C19H28N4O3S. The largest absolute Gasteiger partial charge is 0.381 e. The molecule has 2 heterocycles. The molecule has 8 heteroatoms. The molecule has 0 atom stereocenters. The molecule has 7 nitrogen and oxygen atoms in total. The van der Waals surface area contributed by atoms with E-state index in [0.717, 1.165) is 11.9 Å². The Labute approximate surface area is 160 Å². The SMILES string of the molecule is CN=C(NCCc1c[nH]c2ccccc12)NCC1(S(C)(=O)=O)CCOCC1. The standard InChI is InChI=1S/C19H28N4O3S/c1-20-18(23-14-19(27(2,24)25)8-11-26-12-9-19)21-10-7-15-13-22-17-6-4-3-5-16(15)17/h3-6,13,22H,7-12,14H2,1-2H3,(H2,20,21,23). The normalized spacial score (nSPS) is 17.8. The number of guanidine groups is 1. The van der Waals surface area contributed by atoms with Crippen molar-refractivity contribution in [3.8, 4) is 0 Å². The quantitative estimate of drug-likeness (QED) is 0.511. The number of aromatic nitrogens is 1. The number of sulfone groups is 1. The maximum absolute atomic E-state index is 12.3. The second-order valence-corrected chi connectivity index (χ2v) is 9.44. The number of ether oxygens (including phenoxy) is 1. The van der Waals surface area contributed by atoms with E-state index in [1.165, 1.54) is 17.2 Å². The van der Waals surface area contributed by atoms with Crippen LogP contribution in [0.3, 0.4) is 0 Å². The van der Waals surface area contributed by atoms with Crippen LogP contribution in [0, 0.1) is 0 Å². The van der Waals surface area contributed by atoms with E-state index in [1.54, 1.807) is 7.05 Å². The van der Waals surface area contributed by atoms with Gasteiger partial charge in [0.05, 0.1) is 4.75 Å². The van der Waals surface area contributed by atoms with E-state index >= 15 is 0 Å². The predicted molar refractivity (Wildman–Crippen MR) is 109 cm³/mol. The third kappa shape index (κ3) is 4.44. The Balaban J connectivity index is 1.56. The molecule has 1 fully saturated rings. The van der Waals surface area contributed by atoms with E-state index < -0.39 is 14.6 Å². The molecule has 1 aliphatic heterocycles. The number of hydrogen-bond donors (Lipinski definition) is 3.